The predicted molar refractivity (Wildman–Crippen MR) is 89.2 cm³/mol. The number of esters is 1. The van der Waals surface area contributed by atoms with Crippen molar-refractivity contribution in [3.8, 4) is 5.75 Å². The highest BCUT2D eigenvalue weighted by Crippen LogP contribution is 2.15. The molecule has 1 N–H and O–H groups in total. The van der Waals surface area contributed by atoms with E-state index in [9.17, 15) is 13.2 Å². The van der Waals surface area contributed by atoms with E-state index in [4.69, 9.17) is 21.1 Å². The van der Waals surface area contributed by atoms with Gasteiger partial charge in [0.05, 0.1) is 5.75 Å². The standard InChI is InChI=1S/C15H22ClNO5S/c1-3-4-11-23(19,20)17-12(2)15(18)22-10-9-21-14-7-5-13(16)6-8-14/h5-8,12,17H,3-4,9-11H2,1-2H3/t12-/m0/s1. The third-order valence-electron chi connectivity index (χ3n) is 2.89. The van der Waals surface area contributed by atoms with Gasteiger partial charge in [-0.25, -0.2) is 13.1 Å². The molecule has 0 bridgehead atoms. The molecule has 0 aliphatic rings. The molecule has 130 valence electrons. The molecule has 6 nitrogen and oxygen atoms in total. The first-order valence-corrected chi connectivity index (χ1v) is 9.42. The summed E-state index contributed by atoms with van der Waals surface area (Å²) in [5.41, 5.74) is 0. The number of carbonyl (C=O) groups excluding carboxylic acids is 1. The topological polar surface area (TPSA) is 81.7 Å². The van der Waals surface area contributed by atoms with Crippen molar-refractivity contribution in [1.82, 2.24) is 4.72 Å². The number of hydrogen-bond acceptors (Lipinski definition) is 5. The van der Waals surface area contributed by atoms with Crippen LogP contribution in [-0.2, 0) is 19.6 Å². The highest BCUT2D eigenvalue weighted by Gasteiger charge is 2.20. The molecule has 0 aliphatic heterocycles. The van der Waals surface area contributed by atoms with E-state index in [2.05, 4.69) is 4.72 Å². The maximum absolute atomic E-state index is 11.7. The van der Waals surface area contributed by atoms with Crippen molar-refractivity contribution in [2.24, 2.45) is 0 Å². The minimum Gasteiger partial charge on any atom is -0.490 e. The summed E-state index contributed by atoms with van der Waals surface area (Å²) in [7, 11) is -3.46. The van der Waals surface area contributed by atoms with Crippen molar-refractivity contribution in [1.29, 1.82) is 0 Å². The predicted octanol–water partition coefficient (Wildman–Crippen LogP) is 2.37. The minimum atomic E-state index is -3.46. The van der Waals surface area contributed by atoms with Crippen LogP contribution in [0.3, 0.4) is 0 Å². The number of rotatable bonds is 10. The highest BCUT2D eigenvalue weighted by molar-refractivity contribution is 7.89. The van der Waals surface area contributed by atoms with Gasteiger partial charge >= 0.3 is 5.97 Å². The summed E-state index contributed by atoms with van der Waals surface area (Å²) in [6.07, 6.45) is 1.31. The fourth-order valence-electron chi connectivity index (χ4n) is 1.67. The Hall–Kier alpha value is -1.31. The lowest BCUT2D eigenvalue weighted by molar-refractivity contribution is -0.145. The Kier molecular flexibility index (Phi) is 8.36. The van der Waals surface area contributed by atoms with Gasteiger partial charge in [-0.15, -0.1) is 0 Å². The summed E-state index contributed by atoms with van der Waals surface area (Å²) in [6.45, 7) is 3.55. The van der Waals surface area contributed by atoms with Gasteiger partial charge in [0.25, 0.3) is 0 Å². The molecular formula is C15H22ClNO5S. The lowest BCUT2D eigenvalue weighted by Crippen LogP contribution is -2.41. The van der Waals surface area contributed by atoms with Crippen LogP contribution >= 0.6 is 11.6 Å². The third-order valence-corrected chi connectivity index (χ3v) is 4.68. The first-order chi connectivity index (χ1) is 10.8. The van der Waals surface area contributed by atoms with Gasteiger partial charge < -0.3 is 9.47 Å². The fourth-order valence-corrected chi connectivity index (χ4v) is 3.22. The molecule has 0 unspecified atom stereocenters. The van der Waals surface area contributed by atoms with Crippen LogP contribution in [-0.4, -0.2) is 39.4 Å². The maximum Gasteiger partial charge on any atom is 0.323 e. The number of ether oxygens (including phenoxy) is 2. The third kappa shape index (κ3) is 8.20. The number of hydrogen-bond donors (Lipinski definition) is 1. The molecule has 8 heteroatoms. The van der Waals surface area contributed by atoms with Crippen molar-refractivity contribution in [3.05, 3.63) is 29.3 Å². The van der Waals surface area contributed by atoms with Gasteiger partial charge in [-0.2, -0.15) is 0 Å². The Bertz CT molecular complexity index is 588. The van der Waals surface area contributed by atoms with Crippen molar-refractivity contribution in [2.75, 3.05) is 19.0 Å². The number of nitrogens with one attached hydrogen (secondary N) is 1. The Balaban J connectivity index is 2.28. The molecule has 1 atom stereocenters. The molecule has 0 fully saturated rings. The van der Waals surface area contributed by atoms with Gasteiger partial charge in [-0.1, -0.05) is 24.9 Å². The SMILES string of the molecule is CCCCS(=O)(=O)N[C@@H](C)C(=O)OCCOc1ccc(Cl)cc1. The summed E-state index contributed by atoms with van der Waals surface area (Å²) in [6, 6.07) is 5.86. The first-order valence-electron chi connectivity index (χ1n) is 7.39. The van der Waals surface area contributed by atoms with E-state index in [1.807, 2.05) is 6.92 Å². The average molecular weight is 364 g/mol. The van der Waals surface area contributed by atoms with Crippen molar-refractivity contribution >= 4 is 27.6 Å². The molecule has 1 aromatic rings. The number of sulfonamides is 1. The second-order valence-corrected chi connectivity index (χ2v) is 7.29. The zero-order valence-electron chi connectivity index (χ0n) is 13.2. The number of benzene rings is 1. The van der Waals surface area contributed by atoms with Crippen LogP contribution in [0.4, 0.5) is 0 Å². The monoisotopic (exact) mass is 363 g/mol. The van der Waals surface area contributed by atoms with Crippen LogP contribution in [0.1, 0.15) is 26.7 Å². The summed E-state index contributed by atoms with van der Waals surface area (Å²) < 4.78 is 36.0. The van der Waals surface area contributed by atoms with E-state index >= 15 is 0 Å². The molecule has 0 radical (unpaired) electrons. The average Bonchev–Trinajstić information content (AvgIpc) is 2.50. The van der Waals surface area contributed by atoms with Gasteiger partial charge in [0.2, 0.25) is 10.0 Å². The van der Waals surface area contributed by atoms with Gasteiger partial charge in [0, 0.05) is 5.02 Å². The molecule has 0 saturated heterocycles. The summed E-state index contributed by atoms with van der Waals surface area (Å²) in [4.78, 5) is 11.7. The van der Waals surface area contributed by atoms with Crippen LogP contribution in [0.25, 0.3) is 0 Å². The Morgan fingerprint density at radius 1 is 1.26 bits per heavy atom. The molecule has 1 rings (SSSR count). The Morgan fingerprint density at radius 2 is 1.91 bits per heavy atom. The zero-order chi connectivity index (χ0) is 17.3. The Morgan fingerprint density at radius 3 is 2.52 bits per heavy atom. The van der Waals surface area contributed by atoms with Gasteiger partial charge in [0.1, 0.15) is 25.0 Å². The molecule has 0 aliphatic carbocycles. The molecule has 0 heterocycles. The van der Waals surface area contributed by atoms with Crippen LogP contribution in [0.5, 0.6) is 5.75 Å². The van der Waals surface area contributed by atoms with Gasteiger partial charge in [0.15, 0.2) is 0 Å². The van der Waals surface area contributed by atoms with Crippen LogP contribution < -0.4 is 9.46 Å². The summed E-state index contributed by atoms with van der Waals surface area (Å²) in [5, 5.41) is 0.605. The molecule has 0 aromatic heterocycles. The molecular weight excluding hydrogens is 342 g/mol. The molecule has 0 amide bonds. The largest absolute Gasteiger partial charge is 0.490 e. The van der Waals surface area contributed by atoms with Crippen molar-refractivity contribution < 1.29 is 22.7 Å². The van der Waals surface area contributed by atoms with E-state index in [1.54, 1.807) is 24.3 Å². The first kappa shape index (κ1) is 19.7. The van der Waals surface area contributed by atoms with Crippen LogP contribution in [0, 0.1) is 0 Å². The summed E-state index contributed by atoms with van der Waals surface area (Å²) in [5.74, 6) is -0.0237. The van der Waals surface area contributed by atoms with E-state index in [0.29, 0.717) is 17.2 Å². The summed E-state index contributed by atoms with van der Waals surface area (Å²) >= 11 is 5.75. The second-order valence-electron chi connectivity index (χ2n) is 4.98. The normalized spacial score (nSPS) is 12.7. The zero-order valence-corrected chi connectivity index (χ0v) is 14.8. The van der Waals surface area contributed by atoms with E-state index < -0.39 is 22.0 Å². The number of halogens is 1. The number of carbonyl (C=O) groups is 1. The lowest BCUT2D eigenvalue weighted by atomic mass is 10.3. The molecule has 0 spiro atoms. The molecule has 0 saturated carbocycles. The quantitative estimate of drug-likeness (QED) is 0.509. The lowest BCUT2D eigenvalue weighted by Gasteiger charge is -2.14. The van der Waals surface area contributed by atoms with Crippen LogP contribution in [0.15, 0.2) is 24.3 Å². The van der Waals surface area contributed by atoms with Crippen molar-refractivity contribution in [3.63, 3.8) is 0 Å². The molecule has 23 heavy (non-hydrogen) atoms. The van der Waals surface area contributed by atoms with E-state index in [-0.39, 0.29) is 19.0 Å². The van der Waals surface area contributed by atoms with E-state index in [1.165, 1.54) is 6.92 Å². The highest BCUT2D eigenvalue weighted by atomic mass is 35.5. The van der Waals surface area contributed by atoms with Crippen molar-refractivity contribution in [2.45, 2.75) is 32.7 Å². The number of unbranched alkanes of at least 4 members (excludes halogenated alkanes) is 1. The Labute approximate surface area is 142 Å². The van der Waals surface area contributed by atoms with Gasteiger partial charge in [-0.05, 0) is 37.6 Å². The minimum absolute atomic E-state index is 0.000792. The van der Waals surface area contributed by atoms with E-state index in [0.717, 1.165) is 6.42 Å². The molecule has 1 aromatic carbocycles. The smallest absolute Gasteiger partial charge is 0.323 e. The fraction of sp³-hybridized carbons (Fsp3) is 0.533. The maximum atomic E-state index is 11.7. The van der Waals surface area contributed by atoms with Gasteiger partial charge in [-0.3, -0.25) is 4.79 Å². The van der Waals surface area contributed by atoms with Crippen LogP contribution in [0.2, 0.25) is 5.02 Å². The second kappa shape index (κ2) is 9.75.